The summed E-state index contributed by atoms with van der Waals surface area (Å²) < 4.78 is 0. The van der Waals surface area contributed by atoms with E-state index in [0.29, 0.717) is 16.1 Å². The van der Waals surface area contributed by atoms with Crippen LogP contribution in [0.15, 0.2) is 30.3 Å². The van der Waals surface area contributed by atoms with Crippen molar-refractivity contribution in [1.29, 1.82) is 0 Å². The number of rotatable bonds is 4. The molecule has 0 aliphatic carbocycles. The van der Waals surface area contributed by atoms with Gasteiger partial charge in [0.25, 0.3) is 11.8 Å². The maximum absolute atomic E-state index is 12.8. The third kappa shape index (κ3) is 3.93. The molecule has 0 spiro atoms. The molecule has 1 aromatic carbocycles. The van der Waals surface area contributed by atoms with Gasteiger partial charge in [0.1, 0.15) is 0 Å². The lowest BCUT2D eigenvalue weighted by Crippen LogP contribution is -2.36. The SMILES string of the molecule is CCc1sc(C(=O)Nc2ccccc2C(=O)N2CCCCC2)cc1C. The summed E-state index contributed by atoms with van der Waals surface area (Å²) in [5, 5.41) is 2.94. The molecule has 132 valence electrons. The Morgan fingerprint density at radius 2 is 1.88 bits per heavy atom. The minimum absolute atomic E-state index is 0.00667. The third-order valence-electron chi connectivity index (χ3n) is 4.61. The van der Waals surface area contributed by atoms with E-state index in [1.165, 1.54) is 22.6 Å². The molecular weight excluding hydrogens is 332 g/mol. The number of nitrogens with zero attached hydrogens (tertiary/aromatic N) is 1. The van der Waals surface area contributed by atoms with Crippen LogP contribution in [-0.2, 0) is 6.42 Å². The normalized spacial score (nSPS) is 14.4. The average molecular weight is 356 g/mol. The predicted octanol–water partition coefficient (Wildman–Crippen LogP) is 4.50. The van der Waals surface area contributed by atoms with E-state index < -0.39 is 0 Å². The molecule has 4 nitrogen and oxygen atoms in total. The van der Waals surface area contributed by atoms with Crippen molar-refractivity contribution in [3.8, 4) is 0 Å². The number of benzene rings is 1. The highest BCUT2D eigenvalue weighted by Gasteiger charge is 2.22. The molecule has 1 aromatic heterocycles. The van der Waals surface area contributed by atoms with Crippen LogP contribution in [0.5, 0.6) is 0 Å². The van der Waals surface area contributed by atoms with Crippen LogP contribution < -0.4 is 5.32 Å². The lowest BCUT2D eigenvalue weighted by molar-refractivity contribution is 0.0725. The summed E-state index contributed by atoms with van der Waals surface area (Å²) in [6.07, 6.45) is 4.20. The molecule has 2 amide bonds. The highest BCUT2D eigenvalue weighted by Crippen LogP contribution is 2.25. The van der Waals surface area contributed by atoms with Gasteiger partial charge in [0.2, 0.25) is 0 Å². The van der Waals surface area contributed by atoms with E-state index in [1.54, 1.807) is 12.1 Å². The quantitative estimate of drug-likeness (QED) is 0.877. The van der Waals surface area contributed by atoms with E-state index in [1.807, 2.05) is 30.0 Å². The Kier molecular flexibility index (Phi) is 5.53. The summed E-state index contributed by atoms with van der Waals surface area (Å²) in [6, 6.07) is 9.21. The van der Waals surface area contributed by atoms with E-state index in [9.17, 15) is 9.59 Å². The van der Waals surface area contributed by atoms with Gasteiger partial charge in [0.15, 0.2) is 0 Å². The first-order chi connectivity index (χ1) is 12.1. The number of anilines is 1. The number of piperidine rings is 1. The van der Waals surface area contributed by atoms with Gasteiger partial charge in [0.05, 0.1) is 16.1 Å². The number of likely N-dealkylation sites (tertiary alicyclic amines) is 1. The molecule has 0 atom stereocenters. The molecule has 1 saturated heterocycles. The van der Waals surface area contributed by atoms with Crippen molar-refractivity contribution in [2.24, 2.45) is 0 Å². The number of para-hydroxylation sites is 1. The molecule has 3 rings (SSSR count). The number of carbonyl (C=O) groups is 2. The summed E-state index contributed by atoms with van der Waals surface area (Å²) in [5.41, 5.74) is 2.31. The Labute approximate surface area is 152 Å². The Hall–Kier alpha value is -2.14. The van der Waals surface area contributed by atoms with Crippen molar-refractivity contribution >= 4 is 28.8 Å². The van der Waals surface area contributed by atoms with Crippen LogP contribution in [0.4, 0.5) is 5.69 Å². The average Bonchev–Trinajstić information content (AvgIpc) is 3.03. The van der Waals surface area contributed by atoms with Crippen LogP contribution in [0.25, 0.3) is 0 Å². The number of nitrogens with one attached hydrogen (secondary N) is 1. The monoisotopic (exact) mass is 356 g/mol. The van der Waals surface area contributed by atoms with Gasteiger partial charge in [-0.25, -0.2) is 0 Å². The van der Waals surface area contributed by atoms with Crippen molar-refractivity contribution < 1.29 is 9.59 Å². The molecule has 1 N–H and O–H groups in total. The predicted molar refractivity (Wildman–Crippen MR) is 103 cm³/mol. The molecule has 5 heteroatoms. The molecule has 2 aromatic rings. The van der Waals surface area contributed by atoms with Crippen molar-refractivity contribution in [3.63, 3.8) is 0 Å². The minimum atomic E-state index is -0.147. The molecule has 0 radical (unpaired) electrons. The maximum Gasteiger partial charge on any atom is 0.265 e. The molecule has 1 fully saturated rings. The summed E-state index contributed by atoms with van der Waals surface area (Å²) in [7, 11) is 0. The largest absolute Gasteiger partial charge is 0.339 e. The fraction of sp³-hybridized carbons (Fsp3) is 0.400. The second kappa shape index (κ2) is 7.83. The molecule has 1 aliphatic heterocycles. The lowest BCUT2D eigenvalue weighted by atomic mass is 10.1. The highest BCUT2D eigenvalue weighted by molar-refractivity contribution is 7.14. The Bertz CT molecular complexity index is 776. The summed E-state index contributed by atoms with van der Waals surface area (Å²) in [6.45, 7) is 5.71. The summed E-state index contributed by atoms with van der Waals surface area (Å²) in [5.74, 6) is -0.140. The highest BCUT2D eigenvalue weighted by atomic mass is 32.1. The van der Waals surface area contributed by atoms with Crippen molar-refractivity contribution in [2.45, 2.75) is 39.5 Å². The van der Waals surface area contributed by atoms with Gasteiger partial charge in [-0.1, -0.05) is 19.1 Å². The van der Waals surface area contributed by atoms with Crippen molar-refractivity contribution in [2.75, 3.05) is 18.4 Å². The lowest BCUT2D eigenvalue weighted by Gasteiger charge is -2.27. The fourth-order valence-corrected chi connectivity index (χ4v) is 4.22. The molecule has 0 saturated carbocycles. The van der Waals surface area contributed by atoms with Crippen LogP contribution in [0.1, 0.15) is 56.7 Å². The van der Waals surface area contributed by atoms with Crippen molar-refractivity contribution in [3.05, 3.63) is 51.2 Å². The Morgan fingerprint density at radius 1 is 1.16 bits per heavy atom. The molecule has 0 bridgehead atoms. The fourth-order valence-electron chi connectivity index (χ4n) is 3.21. The molecule has 2 heterocycles. The number of amides is 2. The van der Waals surface area contributed by atoms with Gasteiger partial charge in [-0.05, 0) is 56.4 Å². The van der Waals surface area contributed by atoms with Gasteiger partial charge in [-0.3, -0.25) is 9.59 Å². The van der Waals surface area contributed by atoms with Gasteiger partial charge in [-0.2, -0.15) is 0 Å². The smallest absolute Gasteiger partial charge is 0.265 e. The van der Waals surface area contributed by atoms with E-state index >= 15 is 0 Å². The van der Waals surface area contributed by atoms with Crippen LogP contribution in [0.3, 0.4) is 0 Å². The number of carbonyl (C=O) groups excluding carboxylic acids is 2. The van der Waals surface area contributed by atoms with Crippen LogP contribution in [-0.4, -0.2) is 29.8 Å². The molecule has 1 aliphatic rings. The standard InChI is InChI=1S/C20H24N2O2S/c1-3-17-14(2)13-18(25-17)19(23)21-16-10-6-5-9-15(16)20(24)22-11-7-4-8-12-22/h5-6,9-10,13H,3-4,7-8,11-12H2,1-2H3,(H,21,23). The minimum Gasteiger partial charge on any atom is -0.339 e. The van der Waals surface area contributed by atoms with Crippen LogP contribution in [0.2, 0.25) is 0 Å². The first-order valence-electron chi connectivity index (χ1n) is 8.89. The number of aryl methyl sites for hydroxylation is 2. The summed E-state index contributed by atoms with van der Waals surface area (Å²) in [4.78, 5) is 29.2. The first kappa shape index (κ1) is 17.7. The second-order valence-electron chi connectivity index (χ2n) is 6.42. The van der Waals surface area contributed by atoms with Gasteiger partial charge < -0.3 is 10.2 Å². The number of thiophene rings is 1. The van der Waals surface area contributed by atoms with Gasteiger partial charge in [-0.15, -0.1) is 11.3 Å². The Balaban J connectivity index is 1.80. The zero-order valence-electron chi connectivity index (χ0n) is 14.8. The van der Waals surface area contributed by atoms with Gasteiger partial charge >= 0.3 is 0 Å². The first-order valence-corrected chi connectivity index (χ1v) is 9.70. The van der Waals surface area contributed by atoms with E-state index in [0.717, 1.165) is 37.9 Å². The van der Waals surface area contributed by atoms with Crippen LogP contribution in [0, 0.1) is 6.92 Å². The van der Waals surface area contributed by atoms with E-state index in [4.69, 9.17) is 0 Å². The zero-order chi connectivity index (χ0) is 17.8. The van der Waals surface area contributed by atoms with Crippen LogP contribution >= 0.6 is 11.3 Å². The molecule has 0 unspecified atom stereocenters. The third-order valence-corrected chi connectivity index (χ3v) is 5.99. The van der Waals surface area contributed by atoms with E-state index in [2.05, 4.69) is 12.2 Å². The Morgan fingerprint density at radius 3 is 2.56 bits per heavy atom. The molecule has 25 heavy (non-hydrogen) atoms. The zero-order valence-corrected chi connectivity index (χ0v) is 15.6. The van der Waals surface area contributed by atoms with Gasteiger partial charge in [0, 0.05) is 18.0 Å². The summed E-state index contributed by atoms with van der Waals surface area (Å²) >= 11 is 1.52. The topological polar surface area (TPSA) is 49.4 Å². The second-order valence-corrected chi connectivity index (χ2v) is 7.56. The molecular formula is C20H24N2O2S. The number of hydrogen-bond donors (Lipinski definition) is 1. The number of hydrogen-bond acceptors (Lipinski definition) is 3. The van der Waals surface area contributed by atoms with Crippen molar-refractivity contribution in [1.82, 2.24) is 4.90 Å². The van der Waals surface area contributed by atoms with E-state index in [-0.39, 0.29) is 11.8 Å². The maximum atomic E-state index is 12.8.